The first-order valence-electron chi connectivity index (χ1n) is 10.8. The van der Waals surface area contributed by atoms with Crippen molar-refractivity contribution in [1.29, 1.82) is 0 Å². The van der Waals surface area contributed by atoms with Gasteiger partial charge in [-0.2, -0.15) is 4.31 Å². The Labute approximate surface area is 184 Å². The number of sulfonamides is 1. The lowest BCUT2D eigenvalue weighted by Gasteiger charge is -2.35. The molecule has 31 heavy (non-hydrogen) atoms. The molecule has 0 bridgehead atoms. The third-order valence-electron chi connectivity index (χ3n) is 6.12. The second kappa shape index (κ2) is 8.72. The smallest absolute Gasteiger partial charge is 0.243 e. The van der Waals surface area contributed by atoms with Crippen LogP contribution in [0.5, 0.6) is 0 Å². The standard InChI is InChI=1S/C22H31N5O3S/c1-16-13-18(3)20(14-17(16)2)31(28,29)27-7-5-25(6-8-27)21-15-22(24-19(4)23-21)26-9-11-30-12-10-26/h13-15H,5-12H2,1-4H3. The number of benzene rings is 1. The summed E-state index contributed by atoms with van der Waals surface area (Å²) in [6.45, 7) is 12.8. The van der Waals surface area contributed by atoms with Crippen molar-refractivity contribution >= 4 is 21.7 Å². The molecule has 0 radical (unpaired) electrons. The fraction of sp³-hybridized carbons (Fsp3) is 0.545. The first-order valence-corrected chi connectivity index (χ1v) is 12.2. The fourth-order valence-electron chi connectivity index (χ4n) is 4.16. The zero-order valence-electron chi connectivity index (χ0n) is 18.8. The number of anilines is 2. The molecule has 0 unspecified atom stereocenters. The second-order valence-corrected chi connectivity index (χ2v) is 10.2. The Morgan fingerprint density at radius 2 is 1.29 bits per heavy atom. The van der Waals surface area contributed by atoms with Crippen molar-refractivity contribution in [1.82, 2.24) is 14.3 Å². The zero-order valence-corrected chi connectivity index (χ0v) is 19.6. The average Bonchev–Trinajstić information content (AvgIpc) is 2.76. The number of hydrogen-bond acceptors (Lipinski definition) is 7. The molecule has 8 nitrogen and oxygen atoms in total. The normalized spacial score (nSPS) is 18.5. The van der Waals surface area contributed by atoms with Crippen molar-refractivity contribution < 1.29 is 13.2 Å². The number of aryl methyl sites for hydroxylation is 4. The molecule has 168 valence electrons. The van der Waals surface area contributed by atoms with Gasteiger partial charge in [0.15, 0.2) is 0 Å². The number of hydrogen-bond donors (Lipinski definition) is 0. The van der Waals surface area contributed by atoms with Crippen LogP contribution in [0.3, 0.4) is 0 Å². The highest BCUT2D eigenvalue weighted by atomic mass is 32.2. The van der Waals surface area contributed by atoms with E-state index in [4.69, 9.17) is 4.74 Å². The third-order valence-corrected chi connectivity index (χ3v) is 8.16. The highest BCUT2D eigenvalue weighted by Gasteiger charge is 2.30. The van der Waals surface area contributed by atoms with Crippen LogP contribution in [0.4, 0.5) is 11.6 Å². The molecule has 0 saturated carbocycles. The number of rotatable bonds is 4. The Hall–Kier alpha value is -2.23. The van der Waals surface area contributed by atoms with Crippen LogP contribution in [0.15, 0.2) is 23.1 Å². The number of morpholine rings is 1. The summed E-state index contributed by atoms with van der Waals surface area (Å²) in [6, 6.07) is 5.76. The molecule has 0 atom stereocenters. The largest absolute Gasteiger partial charge is 0.378 e. The van der Waals surface area contributed by atoms with Crippen LogP contribution in [-0.2, 0) is 14.8 Å². The van der Waals surface area contributed by atoms with Crippen molar-refractivity contribution in [2.75, 3.05) is 62.3 Å². The van der Waals surface area contributed by atoms with Crippen LogP contribution in [0, 0.1) is 27.7 Å². The fourth-order valence-corrected chi connectivity index (χ4v) is 5.88. The van der Waals surface area contributed by atoms with Gasteiger partial charge in [-0.15, -0.1) is 0 Å². The highest BCUT2D eigenvalue weighted by Crippen LogP contribution is 2.26. The van der Waals surface area contributed by atoms with Gasteiger partial charge in [0.05, 0.1) is 18.1 Å². The maximum Gasteiger partial charge on any atom is 0.243 e. The Bertz CT molecular complexity index is 1060. The van der Waals surface area contributed by atoms with Gasteiger partial charge in [0, 0.05) is 45.3 Å². The lowest BCUT2D eigenvalue weighted by Crippen LogP contribution is -2.49. The lowest BCUT2D eigenvalue weighted by atomic mass is 10.1. The van der Waals surface area contributed by atoms with Gasteiger partial charge in [0.25, 0.3) is 0 Å². The molecular weight excluding hydrogens is 414 g/mol. The van der Waals surface area contributed by atoms with E-state index >= 15 is 0 Å². The van der Waals surface area contributed by atoms with Crippen LogP contribution in [0.25, 0.3) is 0 Å². The van der Waals surface area contributed by atoms with E-state index in [-0.39, 0.29) is 0 Å². The molecule has 9 heteroatoms. The Balaban J connectivity index is 1.50. The van der Waals surface area contributed by atoms with E-state index in [0.29, 0.717) is 44.3 Å². The lowest BCUT2D eigenvalue weighted by molar-refractivity contribution is 0.122. The van der Waals surface area contributed by atoms with Crippen LogP contribution < -0.4 is 9.80 Å². The maximum atomic E-state index is 13.3. The van der Waals surface area contributed by atoms with E-state index in [1.165, 1.54) is 0 Å². The van der Waals surface area contributed by atoms with E-state index in [0.717, 1.165) is 47.2 Å². The predicted octanol–water partition coefficient (Wildman–Crippen LogP) is 2.06. The summed E-state index contributed by atoms with van der Waals surface area (Å²) in [5, 5.41) is 0. The van der Waals surface area contributed by atoms with Gasteiger partial charge in [0.2, 0.25) is 10.0 Å². The zero-order chi connectivity index (χ0) is 22.2. The third kappa shape index (κ3) is 4.53. The molecular formula is C22H31N5O3S. The first-order chi connectivity index (χ1) is 14.8. The summed E-state index contributed by atoms with van der Waals surface area (Å²) in [6.07, 6.45) is 0. The minimum absolute atomic E-state index is 0.413. The maximum absolute atomic E-state index is 13.3. The van der Waals surface area contributed by atoms with Crippen LogP contribution in [-0.4, -0.2) is 75.2 Å². The molecule has 2 aliphatic rings. The molecule has 0 N–H and O–H groups in total. The molecule has 1 aromatic carbocycles. The number of piperazine rings is 1. The summed E-state index contributed by atoms with van der Waals surface area (Å²) >= 11 is 0. The first kappa shape index (κ1) is 22.0. The monoisotopic (exact) mass is 445 g/mol. The Kier molecular flexibility index (Phi) is 6.18. The molecule has 2 fully saturated rings. The van der Waals surface area contributed by atoms with Crippen molar-refractivity contribution in [3.05, 3.63) is 40.7 Å². The van der Waals surface area contributed by atoms with Gasteiger partial charge in [-0.25, -0.2) is 18.4 Å². The molecule has 0 spiro atoms. The van der Waals surface area contributed by atoms with Crippen LogP contribution >= 0.6 is 0 Å². The summed E-state index contributed by atoms with van der Waals surface area (Å²) in [5.74, 6) is 2.49. The molecule has 2 saturated heterocycles. The minimum Gasteiger partial charge on any atom is -0.378 e. The van der Waals surface area contributed by atoms with Gasteiger partial charge >= 0.3 is 0 Å². The topological polar surface area (TPSA) is 78.9 Å². The molecule has 3 heterocycles. The van der Waals surface area contributed by atoms with E-state index in [9.17, 15) is 8.42 Å². The molecule has 2 aliphatic heterocycles. The number of nitrogens with zero attached hydrogens (tertiary/aromatic N) is 5. The minimum atomic E-state index is -3.52. The average molecular weight is 446 g/mol. The molecule has 1 aromatic heterocycles. The molecule has 2 aromatic rings. The predicted molar refractivity (Wildman–Crippen MR) is 121 cm³/mol. The van der Waals surface area contributed by atoms with Gasteiger partial charge in [-0.05, 0) is 50.5 Å². The molecule has 0 aliphatic carbocycles. The van der Waals surface area contributed by atoms with Gasteiger partial charge < -0.3 is 14.5 Å². The summed E-state index contributed by atoms with van der Waals surface area (Å²) in [5.41, 5.74) is 2.90. The molecule has 0 amide bonds. The van der Waals surface area contributed by atoms with Crippen LogP contribution in [0.2, 0.25) is 0 Å². The highest BCUT2D eigenvalue weighted by molar-refractivity contribution is 7.89. The molecule has 4 rings (SSSR count). The van der Waals surface area contributed by atoms with Crippen LogP contribution in [0.1, 0.15) is 22.5 Å². The number of aromatic nitrogens is 2. The van der Waals surface area contributed by atoms with Crippen molar-refractivity contribution in [3.63, 3.8) is 0 Å². The van der Waals surface area contributed by atoms with Gasteiger partial charge in [-0.1, -0.05) is 6.07 Å². The van der Waals surface area contributed by atoms with E-state index in [1.807, 2.05) is 39.8 Å². The van der Waals surface area contributed by atoms with Gasteiger partial charge in [-0.3, -0.25) is 0 Å². The van der Waals surface area contributed by atoms with E-state index < -0.39 is 10.0 Å². The van der Waals surface area contributed by atoms with Gasteiger partial charge in [0.1, 0.15) is 17.5 Å². The van der Waals surface area contributed by atoms with E-state index in [1.54, 1.807) is 10.4 Å². The summed E-state index contributed by atoms with van der Waals surface area (Å²) in [4.78, 5) is 14.0. The summed E-state index contributed by atoms with van der Waals surface area (Å²) < 4.78 is 33.6. The van der Waals surface area contributed by atoms with Crippen molar-refractivity contribution in [2.45, 2.75) is 32.6 Å². The van der Waals surface area contributed by atoms with Crippen molar-refractivity contribution in [3.8, 4) is 0 Å². The summed E-state index contributed by atoms with van der Waals surface area (Å²) in [7, 11) is -3.52. The Morgan fingerprint density at radius 1 is 0.742 bits per heavy atom. The van der Waals surface area contributed by atoms with E-state index in [2.05, 4.69) is 19.8 Å². The Morgan fingerprint density at radius 3 is 1.90 bits per heavy atom. The quantitative estimate of drug-likeness (QED) is 0.713. The number of ether oxygens (including phenoxy) is 1. The SMILES string of the molecule is Cc1nc(N2CCOCC2)cc(N2CCN(S(=O)(=O)c3cc(C)c(C)cc3C)CC2)n1. The van der Waals surface area contributed by atoms with Crippen molar-refractivity contribution in [2.24, 2.45) is 0 Å². The second-order valence-electron chi connectivity index (χ2n) is 8.32.